The fraction of sp³-hybridized carbons (Fsp3) is 0.432. The molecule has 1 amide bonds. The maximum Gasteiger partial charge on any atom is 0.350 e. The van der Waals surface area contributed by atoms with Crippen LogP contribution in [0.2, 0.25) is 0 Å². The molecule has 1 aliphatic rings. The number of amides is 1. The van der Waals surface area contributed by atoms with Crippen molar-refractivity contribution in [1.82, 2.24) is 24.9 Å². The van der Waals surface area contributed by atoms with Crippen molar-refractivity contribution < 1.29 is 44.0 Å². The minimum Gasteiger partial charge on any atom is -0.465 e. The molecule has 0 aromatic carbocycles. The summed E-state index contributed by atoms with van der Waals surface area (Å²) in [7, 11) is 6.83. The number of halogens is 1. The first-order valence-electron chi connectivity index (χ1n) is 20.9. The van der Waals surface area contributed by atoms with Crippen molar-refractivity contribution in [3.05, 3.63) is 101 Å². The van der Waals surface area contributed by atoms with Crippen molar-refractivity contribution in [2.24, 2.45) is 27.4 Å². The number of ketones is 1. The summed E-state index contributed by atoms with van der Waals surface area (Å²) in [5, 5.41) is 30.7. The van der Waals surface area contributed by atoms with Gasteiger partial charge in [0.2, 0.25) is 5.91 Å². The topological polar surface area (TPSA) is 318 Å². The van der Waals surface area contributed by atoms with Gasteiger partial charge in [-0.2, -0.15) is 0 Å². The quantitative estimate of drug-likeness (QED) is 0.00799. The summed E-state index contributed by atoms with van der Waals surface area (Å²) in [5.41, 5.74) is 23.9. The molecule has 5 rings (SSSR count). The van der Waals surface area contributed by atoms with Gasteiger partial charge in [-0.25, -0.2) is 29.5 Å². The smallest absolute Gasteiger partial charge is 0.350 e. The number of aliphatic hydroxyl groups excluding tert-OH is 3. The van der Waals surface area contributed by atoms with Gasteiger partial charge in [0.1, 0.15) is 48.3 Å². The van der Waals surface area contributed by atoms with E-state index in [1.807, 2.05) is 20.8 Å². The Balaban J connectivity index is -0.000000152. The van der Waals surface area contributed by atoms with E-state index in [1.165, 1.54) is 62.9 Å². The molecule has 0 saturated carbocycles. The molecule has 1 fully saturated rings. The number of aliphatic hydroxyl groups is 3. The number of carbonyl (C=O) groups excluding carboxylic acids is 4. The number of Topliss-reactive ketones (excluding diaryl/α,β-unsaturated/α-hetero) is 1. The molecule has 3 atom stereocenters. The van der Waals surface area contributed by atoms with Crippen LogP contribution in [-0.4, -0.2) is 137 Å². The molecule has 0 spiro atoms. The molecule has 2 radical (unpaired) electrons. The van der Waals surface area contributed by atoms with Gasteiger partial charge in [-0.15, -0.1) is 61.4 Å². The van der Waals surface area contributed by atoms with Gasteiger partial charge in [0.15, 0.2) is 11.2 Å². The van der Waals surface area contributed by atoms with Crippen LogP contribution in [0.4, 0.5) is 0 Å². The SMILES string of the molecule is C.C.C=CC(N)=O.C=CC(N)=S.C=Cc1nc(C)c(C(=O)OCC)s1.C=Cc1nc(C)c(CO)s1.CCOC(=O)C(Cl)C(C)=O.Cc1nc(C(N)CN)sc1CO.Cc1nc(C2CN2N=S)sc1CO.S=PP=S=S=S=S.[AlH2].[Li]. The third-order valence-corrected chi connectivity index (χ3v) is 23.3. The Hall–Kier alpha value is -1.81. The average Bonchev–Trinajstić information content (AvgIpc) is 3.60. The number of alkyl halides is 1. The van der Waals surface area contributed by atoms with Gasteiger partial charge in [-0.05, 0) is 123 Å². The Labute approximate surface area is 541 Å². The second-order valence-corrected chi connectivity index (χ2v) is 28.3. The van der Waals surface area contributed by atoms with E-state index >= 15 is 0 Å². The van der Waals surface area contributed by atoms with E-state index < -0.39 is 17.3 Å². The van der Waals surface area contributed by atoms with Gasteiger partial charge < -0.3 is 47.7 Å². The van der Waals surface area contributed by atoms with Gasteiger partial charge in [0.25, 0.3) is 0 Å². The zero-order chi connectivity index (χ0) is 58.2. The van der Waals surface area contributed by atoms with Crippen molar-refractivity contribution in [2.75, 3.05) is 26.3 Å². The number of thiocarbonyl (C=S) groups is 1. The van der Waals surface area contributed by atoms with Crippen LogP contribution < -0.4 is 22.9 Å². The monoisotopic (exact) mass is 1370 g/mol. The number of aryl methyl sites for hydroxylation is 4. The number of primary amides is 1. The first-order valence-corrected chi connectivity index (χ1v) is 33.9. The molecule has 3 unspecified atom stereocenters. The number of esters is 2. The van der Waals surface area contributed by atoms with E-state index in [-0.39, 0.29) is 101 Å². The van der Waals surface area contributed by atoms with E-state index in [9.17, 15) is 19.2 Å². The Bertz CT molecular complexity index is 2630. The predicted octanol–water partition coefficient (Wildman–Crippen LogP) is 7.25. The number of thiazole rings is 4. The van der Waals surface area contributed by atoms with Gasteiger partial charge in [-0.3, -0.25) is 14.6 Å². The fourth-order valence-corrected chi connectivity index (χ4v) is 17.4. The Morgan fingerprint density at radius 1 is 0.861 bits per heavy atom. The fourth-order valence-electron chi connectivity index (χ4n) is 4.02. The largest absolute Gasteiger partial charge is 0.465 e. The van der Waals surface area contributed by atoms with Crippen LogP contribution in [0.15, 0.2) is 42.9 Å². The molecule has 79 heavy (non-hydrogen) atoms. The molecular formula is C44H71AlClLiN10O9P2S11. The number of carbonyl (C=O) groups is 4. The van der Waals surface area contributed by atoms with Crippen molar-refractivity contribution >= 4 is 223 Å². The second kappa shape index (κ2) is 55.4. The molecule has 35 heteroatoms. The molecule has 0 bridgehead atoms. The third-order valence-electron chi connectivity index (χ3n) is 7.71. The van der Waals surface area contributed by atoms with Crippen LogP contribution in [0.1, 0.15) is 115 Å². The van der Waals surface area contributed by atoms with Crippen LogP contribution in [0.3, 0.4) is 0 Å². The van der Waals surface area contributed by atoms with Crippen LogP contribution in [0, 0.1) is 27.7 Å². The second-order valence-electron chi connectivity index (χ2n) is 13.1. The van der Waals surface area contributed by atoms with Gasteiger partial charge in [0, 0.05) is 39.5 Å². The van der Waals surface area contributed by atoms with Gasteiger partial charge in [-0.1, -0.05) is 53.4 Å². The summed E-state index contributed by atoms with van der Waals surface area (Å²) < 4.78 is 13.0. The minimum absolute atomic E-state index is 0. The maximum absolute atomic E-state index is 11.3. The Kier molecular flexibility index (Phi) is 63.8. The number of hydrogen-bond donors (Lipinski definition) is 7. The number of nitrogens with zero attached hydrogens (tertiary/aromatic N) is 6. The zero-order valence-corrected chi connectivity index (χ0v) is 57.4. The van der Waals surface area contributed by atoms with E-state index in [4.69, 9.17) is 48.9 Å². The summed E-state index contributed by atoms with van der Waals surface area (Å²) in [4.78, 5) is 62.3. The van der Waals surface area contributed by atoms with E-state index in [0.717, 1.165) is 71.4 Å². The van der Waals surface area contributed by atoms with Gasteiger partial charge in [0.05, 0.1) is 100 Å². The van der Waals surface area contributed by atoms with Crippen LogP contribution in [-0.2, 0) is 106 Å². The molecule has 5 heterocycles. The Morgan fingerprint density at radius 3 is 1.65 bits per heavy atom. The van der Waals surface area contributed by atoms with Crippen molar-refractivity contribution in [1.29, 1.82) is 0 Å². The number of rotatable bonds is 17. The molecule has 4 aromatic heterocycles. The Morgan fingerprint density at radius 2 is 1.32 bits per heavy atom. The van der Waals surface area contributed by atoms with Crippen molar-refractivity contribution in [3.63, 3.8) is 0 Å². The van der Waals surface area contributed by atoms with E-state index in [2.05, 4.69) is 109 Å². The molecular weight excluding hydrogens is 1300 g/mol. The van der Waals surface area contributed by atoms with Crippen molar-refractivity contribution in [2.45, 2.75) is 101 Å². The number of nitrogens with two attached hydrogens (primary N) is 4. The maximum atomic E-state index is 11.3. The normalized spacial score (nSPS) is 11.4. The molecule has 11 N–H and O–H groups in total. The molecule has 1 saturated heterocycles. The summed E-state index contributed by atoms with van der Waals surface area (Å²) >= 11 is 29.2. The summed E-state index contributed by atoms with van der Waals surface area (Å²) in [5.74, 6) is -1.84. The molecule has 4 aromatic rings. The standard InChI is InChI=1S/C9H11NO2S.C7H9N3OS2.C7H13N3OS.C7H9NOS.C6H9ClO3.C3H5NO.C3H5NS.2CH4.Al.Li.P2S5.2H/c1-4-7-10-6(3)8(13-7)9(11)12-5-2;1-4-6(3-11)13-7(8-4)5-2-10(5)9-12;1-4-6(3-11)12-7(10-4)5(9)2-8;1-3-7-8-5(2)6(4-9)10-7;1-3-10-6(9)5(7)4(2)8;2*1-2-3(4)5;;;;;3-1-2-5-7-6-4;;/h4H,1,5H2,2-3H3;5,11H,2-3H2,1H3;5,11H,2-3,8-9H2,1H3;3,9H,1,4H2,2H3;5H,3H2,1-2H3;2*2H,1H2,(H2,4,5);2*1H4;;;;;. The molecule has 0 aliphatic carbocycles. The van der Waals surface area contributed by atoms with Crippen LogP contribution in [0.5, 0.6) is 0 Å². The van der Waals surface area contributed by atoms with Crippen LogP contribution in [0.25, 0.3) is 12.2 Å². The van der Waals surface area contributed by atoms with Crippen molar-refractivity contribution in [3.8, 4) is 0 Å². The number of aromatic nitrogens is 4. The summed E-state index contributed by atoms with van der Waals surface area (Å²) in [6.07, 6.45) is 5.80. The number of ether oxygens (including phenoxy) is 2. The zero-order valence-electron chi connectivity index (χ0n) is 43.9. The predicted molar refractivity (Wildman–Crippen MR) is 358 cm³/mol. The third kappa shape index (κ3) is 41.8. The first kappa shape index (κ1) is 91.0. The summed E-state index contributed by atoms with van der Waals surface area (Å²) in [6, 6.07) is 0.0653. The minimum atomic E-state index is -1.14. The summed E-state index contributed by atoms with van der Waals surface area (Å²) in [6.45, 7) is 27.7. The molecule has 19 nitrogen and oxygen atoms in total. The van der Waals surface area contributed by atoms with E-state index in [1.54, 1.807) is 67.6 Å². The first-order chi connectivity index (χ1) is 35.4. The number of hydrogen-bond acceptors (Lipinski definition) is 24. The van der Waals surface area contributed by atoms with Gasteiger partial charge >= 0.3 is 11.9 Å². The average molecular weight is 1370 g/mol. The molecule has 1 aliphatic heterocycles. The molecule has 438 valence electrons. The van der Waals surface area contributed by atoms with E-state index in [0.29, 0.717) is 28.7 Å². The van der Waals surface area contributed by atoms with Crippen LogP contribution >= 0.6 is 83.3 Å².